The third-order valence-corrected chi connectivity index (χ3v) is 2.05. The van der Waals surface area contributed by atoms with Crippen molar-refractivity contribution in [1.82, 2.24) is 0 Å². The molecular formula is C9H10Cl2F3N. The molecule has 0 radical (unpaired) electrons. The summed E-state index contributed by atoms with van der Waals surface area (Å²) in [4.78, 5) is 0. The van der Waals surface area contributed by atoms with Gasteiger partial charge in [0.25, 0.3) is 0 Å². The van der Waals surface area contributed by atoms with Crippen molar-refractivity contribution < 1.29 is 13.2 Å². The van der Waals surface area contributed by atoms with Gasteiger partial charge < -0.3 is 5.73 Å². The number of benzene rings is 1. The van der Waals surface area contributed by atoms with Gasteiger partial charge in [-0.3, -0.25) is 4.39 Å². The zero-order chi connectivity index (χ0) is 10.7. The van der Waals surface area contributed by atoms with E-state index in [1.54, 1.807) is 0 Å². The van der Waals surface area contributed by atoms with Crippen LogP contribution in [-0.4, -0.2) is 6.67 Å². The molecule has 0 saturated carbocycles. The summed E-state index contributed by atoms with van der Waals surface area (Å²) in [6.07, 6.45) is -0.116. The molecule has 0 unspecified atom stereocenters. The van der Waals surface area contributed by atoms with Crippen LogP contribution in [0.3, 0.4) is 0 Å². The Morgan fingerprint density at radius 2 is 1.73 bits per heavy atom. The molecule has 1 atom stereocenters. The fraction of sp³-hybridized carbons (Fsp3) is 0.333. The number of hydrogen-bond donors (Lipinski definition) is 1. The molecule has 1 nitrogen and oxygen atoms in total. The fourth-order valence-electron chi connectivity index (χ4n) is 1.17. The lowest BCUT2D eigenvalue weighted by molar-refractivity contribution is 0.425. The van der Waals surface area contributed by atoms with Gasteiger partial charge in [0.1, 0.15) is 11.6 Å². The number of nitrogens with two attached hydrogens (primary N) is 1. The summed E-state index contributed by atoms with van der Waals surface area (Å²) < 4.78 is 38.2. The minimum absolute atomic E-state index is 0. The Morgan fingerprint density at radius 1 is 1.27 bits per heavy atom. The SMILES string of the molecule is Cl.N[C@@H](CCF)c1c(F)cc(Cl)cc1F. The molecule has 0 heterocycles. The summed E-state index contributed by atoms with van der Waals surface area (Å²) in [5, 5.41) is -0.0452. The molecular weight excluding hydrogens is 250 g/mol. The van der Waals surface area contributed by atoms with Crippen LogP contribution in [0.2, 0.25) is 5.02 Å². The molecule has 0 aliphatic rings. The summed E-state index contributed by atoms with van der Waals surface area (Å²) in [5.41, 5.74) is 5.08. The van der Waals surface area contributed by atoms with E-state index in [-0.39, 0.29) is 29.4 Å². The quantitative estimate of drug-likeness (QED) is 0.885. The third kappa shape index (κ3) is 3.55. The van der Waals surface area contributed by atoms with E-state index < -0.39 is 24.4 Å². The molecule has 0 aliphatic heterocycles. The van der Waals surface area contributed by atoms with E-state index in [1.807, 2.05) is 0 Å². The van der Waals surface area contributed by atoms with Gasteiger partial charge >= 0.3 is 0 Å². The molecule has 1 aromatic carbocycles. The third-order valence-electron chi connectivity index (χ3n) is 1.83. The largest absolute Gasteiger partial charge is 0.324 e. The van der Waals surface area contributed by atoms with Gasteiger partial charge in [0.2, 0.25) is 0 Å². The average Bonchev–Trinajstić information content (AvgIpc) is 2.01. The second-order valence-electron chi connectivity index (χ2n) is 2.87. The van der Waals surface area contributed by atoms with Crippen molar-refractivity contribution in [3.05, 3.63) is 34.4 Å². The van der Waals surface area contributed by atoms with Gasteiger partial charge in [-0.25, -0.2) is 8.78 Å². The van der Waals surface area contributed by atoms with Gasteiger partial charge in [0, 0.05) is 16.6 Å². The maximum atomic E-state index is 13.2. The lowest BCUT2D eigenvalue weighted by Gasteiger charge is -2.12. The summed E-state index contributed by atoms with van der Waals surface area (Å²) >= 11 is 5.41. The van der Waals surface area contributed by atoms with E-state index in [0.717, 1.165) is 12.1 Å². The Balaban J connectivity index is 0.00000196. The van der Waals surface area contributed by atoms with Gasteiger partial charge in [0.15, 0.2) is 0 Å². The Morgan fingerprint density at radius 3 is 2.13 bits per heavy atom. The molecule has 0 spiro atoms. The first-order valence-corrected chi connectivity index (χ1v) is 4.40. The van der Waals surface area contributed by atoms with Crippen LogP contribution in [0.5, 0.6) is 0 Å². The molecule has 0 aromatic heterocycles. The van der Waals surface area contributed by atoms with Gasteiger partial charge in [-0.05, 0) is 18.6 Å². The number of halogens is 5. The summed E-state index contributed by atoms with van der Waals surface area (Å²) in [5.74, 6) is -1.67. The van der Waals surface area contributed by atoms with Crippen LogP contribution in [-0.2, 0) is 0 Å². The maximum absolute atomic E-state index is 13.2. The predicted octanol–water partition coefficient (Wildman–Crippen LogP) is 3.40. The van der Waals surface area contributed by atoms with E-state index >= 15 is 0 Å². The zero-order valence-corrected chi connectivity index (χ0v) is 9.22. The molecule has 0 amide bonds. The Bertz CT molecular complexity index is 310. The van der Waals surface area contributed by atoms with E-state index in [9.17, 15) is 13.2 Å². The normalized spacial score (nSPS) is 12.1. The van der Waals surface area contributed by atoms with Crippen molar-refractivity contribution in [2.75, 3.05) is 6.67 Å². The molecule has 86 valence electrons. The number of rotatable bonds is 3. The zero-order valence-electron chi connectivity index (χ0n) is 7.64. The van der Waals surface area contributed by atoms with Crippen LogP contribution in [0.15, 0.2) is 12.1 Å². The highest BCUT2D eigenvalue weighted by Crippen LogP contribution is 2.24. The molecule has 15 heavy (non-hydrogen) atoms. The molecule has 2 N–H and O–H groups in total. The van der Waals surface area contributed by atoms with Gasteiger partial charge in [-0.1, -0.05) is 11.6 Å². The smallest absolute Gasteiger partial charge is 0.132 e. The van der Waals surface area contributed by atoms with Crippen molar-refractivity contribution in [3.8, 4) is 0 Å². The highest BCUT2D eigenvalue weighted by Gasteiger charge is 2.17. The van der Waals surface area contributed by atoms with Crippen LogP contribution in [0.4, 0.5) is 13.2 Å². The molecule has 6 heteroatoms. The Kier molecular flexibility index (Phi) is 6.02. The summed E-state index contributed by atoms with van der Waals surface area (Å²) in [7, 11) is 0. The second-order valence-corrected chi connectivity index (χ2v) is 3.30. The highest BCUT2D eigenvalue weighted by atomic mass is 35.5. The lowest BCUT2D eigenvalue weighted by atomic mass is 10.0. The van der Waals surface area contributed by atoms with E-state index in [2.05, 4.69) is 0 Å². The Hall–Kier alpha value is -0.450. The van der Waals surface area contributed by atoms with Gasteiger partial charge in [-0.15, -0.1) is 12.4 Å². The van der Waals surface area contributed by atoms with Crippen LogP contribution < -0.4 is 5.73 Å². The van der Waals surface area contributed by atoms with E-state index in [1.165, 1.54) is 0 Å². The molecule has 1 aromatic rings. The highest BCUT2D eigenvalue weighted by molar-refractivity contribution is 6.30. The first-order valence-electron chi connectivity index (χ1n) is 4.02. The van der Waals surface area contributed by atoms with E-state index in [0.29, 0.717) is 0 Å². The van der Waals surface area contributed by atoms with E-state index in [4.69, 9.17) is 17.3 Å². The van der Waals surface area contributed by atoms with Crippen LogP contribution in [0.1, 0.15) is 18.0 Å². The topological polar surface area (TPSA) is 26.0 Å². The minimum atomic E-state index is -0.975. The van der Waals surface area contributed by atoms with Gasteiger partial charge in [0.05, 0.1) is 6.67 Å². The van der Waals surface area contributed by atoms with Crippen molar-refractivity contribution >= 4 is 24.0 Å². The molecule has 0 bridgehead atoms. The lowest BCUT2D eigenvalue weighted by Crippen LogP contribution is -2.15. The summed E-state index contributed by atoms with van der Waals surface area (Å²) in [6, 6.07) is 0.938. The van der Waals surface area contributed by atoms with Crippen molar-refractivity contribution in [2.45, 2.75) is 12.5 Å². The van der Waals surface area contributed by atoms with Crippen LogP contribution in [0, 0.1) is 11.6 Å². The predicted molar refractivity (Wildman–Crippen MR) is 56.1 cm³/mol. The van der Waals surface area contributed by atoms with Gasteiger partial charge in [-0.2, -0.15) is 0 Å². The standard InChI is InChI=1S/C9H9ClF3N.ClH/c10-5-3-6(12)9(7(13)4-5)8(14)1-2-11;/h3-4,8H,1-2,14H2;1H/t8-;/m0./s1. The maximum Gasteiger partial charge on any atom is 0.132 e. The Labute approximate surface area is 96.8 Å². The summed E-state index contributed by atoms with van der Waals surface area (Å²) in [6.45, 7) is -0.720. The minimum Gasteiger partial charge on any atom is -0.324 e. The van der Waals surface area contributed by atoms with Crippen molar-refractivity contribution in [2.24, 2.45) is 5.73 Å². The molecule has 1 rings (SSSR count). The first kappa shape index (κ1) is 14.6. The second kappa shape index (κ2) is 6.20. The molecule has 0 fully saturated rings. The average molecular weight is 260 g/mol. The van der Waals surface area contributed by atoms with Crippen molar-refractivity contribution in [1.29, 1.82) is 0 Å². The molecule has 0 aliphatic carbocycles. The van der Waals surface area contributed by atoms with Crippen LogP contribution in [0.25, 0.3) is 0 Å². The fourth-order valence-corrected chi connectivity index (χ4v) is 1.36. The number of alkyl halides is 1. The van der Waals surface area contributed by atoms with Crippen LogP contribution >= 0.6 is 24.0 Å². The first-order chi connectivity index (χ1) is 6.56. The molecule has 0 saturated heterocycles. The monoisotopic (exact) mass is 259 g/mol. The number of hydrogen-bond acceptors (Lipinski definition) is 1. The van der Waals surface area contributed by atoms with Crippen molar-refractivity contribution in [3.63, 3.8) is 0 Å².